The van der Waals surface area contributed by atoms with E-state index in [-0.39, 0.29) is 11.9 Å². The van der Waals surface area contributed by atoms with Gasteiger partial charge in [0.25, 0.3) is 0 Å². The molecule has 0 saturated heterocycles. The zero-order valence-corrected chi connectivity index (χ0v) is 10.3. The van der Waals surface area contributed by atoms with Gasteiger partial charge in [0.15, 0.2) is 0 Å². The molecule has 1 unspecified atom stereocenters. The summed E-state index contributed by atoms with van der Waals surface area (Å²) in [5, 5.41) is 0. The van der Waals surface area contributed by atoms with Crippen LogP contribution in [-0.2, 0) is 0 Å². The third kappa shape index (κ3) is 2.24. The molecular weight excluding hydrogens is 217 g/mol. The van der Waals surface area contributed by atoms with Crippen molar-refractivity contribution in [3.05, 3.63) is 58.3 Å². The van der Waals surface area contributed by atoms with E-state index in [1.54, 1.807) is 19.1 Å². The molecule has 0 aliphatic heterocycles. The monoisotopic (exact) mass is 233 g/mol. The molecule has 1 aromatic heterocycles. The van der Waals surface area contributed by atoms with E-state index in [0.717, 1.165) is 22.6 Å². The standard InChI is InChI=1S/C14H16FNO/c1-8-6-11(4-5-13(8)15)14(16)12-7-9(2)17-10(12)3/h4-7,14H,16H2,1-3H3. The van der Waals surface area contributed by atoms with Crippen molar-refractivity contribution in [2.24, 2.45) is 5.73 Å². The minimum Gasteiger partial charge on any atom is -0.466 e. The molecule has 0 spiro atoms. The molecule has 1 aromatic carbocycles. The summed E-state index contributed by atoms with van der Waals surface area (Å²) >= 11 is 0. The topological polar surface area (TPSA) is 39.2 Å². The molecule has 0 fully saturated rings. The van der Waals surface area contributed by atoms with Crippen LogP contribution in [-0.4, -0.2) is 0 Å². The molecule has 1 atom stereocenters. The Balaban J connectivity index is 2.40. The van der Waals surface area contributed by atoms with E-state index in [9.17, 15) is 4.39 Å². The van der Waals surface area contributed by atoms with Crippen LogP contribution in [0.1, 0.15) is 34.3 Å². The van der Waals surface area contributed by atoms with Gasteiger partial charge in [0.05, 0.1) is 6.04 Å². The van der Waals surface area contributed by atoms with Crippen LogP contribution in [0, 0.1) is 26.6 Å². The molecule has 2 aromatic rings. The van der Waals surface area contributed by atoms with Gasteiger partial charge < -0.3 is 10.2 Å². The fourth-order valence-corrected chi connectivity index (χ4v) is 2.00. The zero-order valence-electron chi connectivity index (χ0n) is 10.3. The van der Waals surface area contributed by atoms with Gasteiger partial charge in [-0.25, -0.2) is 4.39 Å². The Morgan fingerprint density at radius 2 is 1.88 bits per heavy atom. The smallest absolute Gasteiger partial charge is 0.126 e. The molecule has 1 heterocycles. The van der Waals surface area contributed by atoms with Crippen molar-refractivity contribution >= 4 is 0 Å². The van der Waals surface area contributed by atoms with Crippen LogP contribution in [0.4, 0.5) is 4.39 Å². The summed E-state index contributed by atoms with van der Waals surface area (Å²) in [6.45, 7) is 5.51. The third-order valence-electron chi connectivity index (χ3n) is 2.96. The van der Waals surface area contributed by atoms with Crippen LogP contribution < -0.4 is 5.73 Å². The van der Waals surface area contributed by atoms with Crippen molar-refractivity contribution in [2.45, 2.75) is 26.8 Å². The van der Waals surface area contributed by atoms with Crippen LogP contribution >= 0.6 is 0 Å². The average Bonchev–Trinajstić information content (AvgIpc) is 2.61. The van der Waals surface area contributed by atoms with Gasteiger partial charge in [-0.05, 0) is 44.0 Å². The Morgan fingerprint density at radius 3 is 2.41 bits per heavy atom. The van der Waals surface area contributed by atoms with E-state index in [1.165, 1.54) is 6.07 Å². The normalized spacial score (nSPS) is 12.8. The van der Waals surface area contributed by atoms with E-state index in [4.69, 9.17) is 10.2 Å². The molecule has 0 amide bonds. The van der Waals surface area contributed by atoms with Gasteiger partial charge in [0.1, 0.15) is 17.3 Å². The second kappa shape index (κ2) is 4.34. The maximum Gasteiger partial charge on any atom is 0.126 e. The average molecular weight is 233 g/mol. The minimum atomic E-state index is -0.272. The maximum absolute atomic E-state index is 13.2. The number of halogens is 1. The molecule has 90 valence electrons. The van der Waals surface area contributed by atoms with Crippen molar-refractivity contribution in [1.82, 2.24) is 0 Å². The fourth-order valence-electron chi connectivity index (χ4n) is 2.00. The first-order valence-corrected chi connectivity index (χ1v) is 5.57. The molecule has 3 heteroatoms. The van der Waals surface area contributed by atoms with Crippen LogP contribution in [0.15, 0.2) is 28.7 Å². The minimum absolute atomic E-state index is 0.207. The Labute approximate surface area is 100 Å². The summed E-state index contributed by atoms with van der Waals surface area (Å²) in [6.07, 6.45) is 0. The molecule has 2 rings (SSSR count). The zero-order chi connectivity index (χ0) is 12.6. The first-order chi connectivity index (χ1) is 7.99. The van der Waals surface area contributed by atoms with Gasteiger partial charge in [-0.3, -0.25) is 0 Å². The lowest BCUT2D eigenvalue weighted by Crippen LogP contribution is -2.12. The maximum atomic E-state index is 13.2. The summed E-state index contributed by atoms with van der Waals surface area (Å²) in [4.78, 5) is 0. The first-order valence-electron chi connectivity index (χ1n) is 5.57. The van der Waals surface area contributed by atoms with E-state index < -0.39 is 0 Å². The number of aryl methyl sites for hydroxylation is 3. The van der Waals surface area contributed by atoms with Gasteiger partial charge in [-0.15, -0.1) is 0 Å². The van der Waals surface area contributed by atoms with Crippen LogP contribution in [0.25, 0.3) is 0 Å². The quantitative estimate of drug-likeness (QED) is 0.863. The molecule has 0 bridgehead atoms. The van der Waals surface area contributed by atoms with Gasteiger partial charge in [0, 0.05) is 5.56 Å². The summed E-state index contributed by atoms with van der Waals surface area (Å²) in [6, 6.07) is 6.61. The number of nitrogens with two attached hydrogens (primary N) is 1. The second-order valence-electron chi connectivity index (χ2n) is 4.35. The molecule has 0 aliphatic rings. The predicted octanol–water partition coefficient (Wildman–Crippen LogP) is 3.39. The van der Waals surface area contributed by atoms with E-state index in [2.05, 4.69) is 0 Å². The van der Waals surface area contributed by atoms with Gasteiger partial charge in [-0.2, -0.15) is 0 Å². The van der Waals surface area contributed by atoms with E-state index >= 15 is 0 Å². The Hall–Kier alpha value is -1.61. The molecule has 0 aliphatic carbocycles. The Morgan fingerprint density at radius 1 is 1.18 bits per heavy atom. The third-order valence-corrected chi connectivity index (χ3v) is 2.96. The van der Waals surface area contributed by atoms with Crippen molar-refractivity contribution in [3.63, 3.8) is 0 Å². The highest BCUT2D eigenvalue weighted by Crippen LogP contribution is 2.26. The van der Waals surface area contributed by atoms with Crippen LogP contribution in [0.5, 0.6) is 0 Å². The van der Waals surface area contributed by atoms with Gasteiger partial charge in [0.2, 0.25) is 0 Å². The number of hydrogen-bond donors (Lipinski definition) is 1. The molecule has 17 heavy (non-hydrogen) atoms. The molecular formula is C14H16FNO. The van der Waals surface area contributed by atoms with Crippen molar-refractivity contribution in [2.75, 3.05) is 0 Å². The van der Waals surface area contributed by atoms with Gasteiger partial charge >= 0.3 is 0 Å². The highest BCUT2D eigenvalue weighted by molar-refractivity contribution is 5.36. The highest BCUT2D eigenvalue weighted by Gasteiger charge is 2.15. The fraction of sp³-hybridized carbons (Fsp3) is 0.286. The lowest BCUT2D eigenvalue weighted by Gasteiger charge is -2.12. The van der Waals surface area contributed by atoms with Crippen molar-refractivity contribution in [1.29, 1.82) is 0 Å². The van der Waals surface area contributed by atoms with Gasteiger partial charge in [-0.1, -0.05) is 12.1 Å². The molecule has 0 saturated carbocycles. The molecule has 2 N–H and O–H groups in total. The summed E-state index contributed by atoms with van der Waals surface area (Å²) in [5.74, 6) is 1.45. The number of hydrogen-bond acceptors (Lipinski definition) is 2. The highest BCUT2D eigenvalue weighted by atomic mass is 19.1. The summed E-state index contributed by atoms with van der Waals surface area (Å²) < 4.78 is 18.6. The Kier molecular flexibility index (Phi) is 3.03. The lowest BCUT2D eigenvalue weighted by atomic mass is 9.98. The number of benzene rings is 1. The van der Waals surface area contributed by atoms with Crippen LogP contribution in [0.2, 0.25) is 0 Å². The number of furan rings is 1. The lowest BCUT2D eigenvalue weighted by molar-refractivity contribution is 0.499. The Bertz CT molecular complexity index is 545. The SMILES string of the molecule is Cc1cc(C(N)c2ccc(F)c(C)c2)c(C)o1. The molecule has 0 radical (unpaired) electrons. The van der Waals surface area contributed by atoms with Crippen LogP contribution in [0.3, 0.4) is 0 Å². The first kappa shape index (κ1) is 11.9. The summed E-state index contributed by atoms with van der Waals surface area (Å²) in [5.41, 5.74) is 8.62. The van der Waals surface area contributed by atoms with E-state index in [0.29, 0.717) is 5.56 Å². The van der Waals surface area contributed by atoms with Crippen molar-refractivity contribution in [3.8, 4) is 0 Å². The van der Waals surface area contributed by atoms with Crippen molar-refractivity contribution < 1.29 is 8.81 Å². The molecule has 2 nitrogen and oxygen atoms in total. The predicted molar refractivity (Wildman–Crippen MR) is 65.3 cm³/mol. The summed E-state index contributed by atoms with van der Waals surface area (Å²) in [7, 11) is 0. The second-order valence-corrected chi connectivity index (χ2v) is 4.35. The van der Waals surface area contributed by atoms with E-state index in [1.807, 2.05) is 19.9 Å². The largest absolute Gasteiger partial charge is 0.466 e. The number of rotatable bonds is 2.